The van der Waals surface area contributed by atoms with Crippen molar-refractivity contribution >= 4 is 5.91 Å². The van der Waals surface area contributed by atoms with Crippen LogP contribution in [0.4, 0.5) is 8.78 Å². The number of halogens is 2. The first-order valence-electron chi connectivity index (χ1n) is 5.60. The summed E-state index contributed by atoms with van der Waals surface area (Å²) in [6.07, 6.45) is 1.78. The maximum Gasteiger partial charge on any atom is 0.258 e. The summed E-state index contributed by atoms with van der Waals surface area (Å²) in [4.78, 5) is 13.8. The van der Waals surface area contributed by atoms with Crippen molar-refractivity contribution in [3.8, 4) is 5.75 Å². The molecule has 0 bridgehead atoms. The molecule has 0 aliphatic carbocycles. The standard InChI is InChI=1S/C12H11F2NO2/c13-9-4-3-8-11(10(9)14)17-6-7-2-1-5-15(7)12(8)16/h3-4,7H,1-2,5-6H2/t7-/m0/s1. The van der Waals surface area contributed by atoms with Crippen LogP contribution in [0, 0.1) is 11.6 Å². The number of nitrogens with zero attached hydrogens (tertiary/aromatic N) is 1. The molecule has 0 unspecified atom stereocenters. The van der Waals surface area contributed by atoms with Gasteiger partial charge in [0.25, 0.3) is 5.91 Å². The fourth-order valence-electron chi connectivity index (χ4n) is 2.45. The number of fused-ring (bicyclic) bond motifs is 2. The van der Waals surface area contributed by atoms with Crippen LogP contribution in [0.2, 0.25) is 0 Å². The lowest BCUT2D eigenvalue weighted by Crippen LogP contribution is -2.36. The summed E-state index contributed by atoms with van der Waals surface area (Å²) < 4.78 is 31.9. The highest BCUT2D eigenvalue weighted by atomic mass is 19.2. The number of carbonyl (C=O) groups excluding carboxylic acids is 1. The van der Waals surface area contributed by atoms with Crippen LogP contribution >= 0.6 is 0 Å². The van der Waals surface area contributed by atoms with Crippen molar-refractivity contribution in [2.75, 3.05) is 13.2 Å². The van der Waals surface area contributed by atoms with Gasteiger partial charge in [-0.2, -0.15) is 4.39 Å². The molecule has 1 amide bonds. The first-order valence-corrected chi connectivity index (χ1v) is 5.60. The Balaban J connectivity index is 2.10. The average molecular weight is 239 g/mol. The Morgan fingerprint density at radius 1 is 1.35 bits per heavy atom. The average Bonchev–Trinajstić information content (AvgIpc) is 2.74. The van der Waals surface area contributed by atoms with Gasteiger partial charge in [-0.05, 0) is 25.0 Å². The fraction of sp³-hybridized carbons (Fsp3) is 0.417. The Kier molecular flexibility index (Phi) is 2.28. The number of hydrogen-bond donors (Lipinski definition) is 0. The zero-order chi connectivity index (χ0) is 12.0. The maximum atomic E-state index is 13.5. The normalized spacial score (nSPS) is 22.8. The van der Waals surface area contributed by atoms with Gasteiger partial charge in [0.2, 0.25) is 5.82 Å². The molecule has 1 atom stereocenters. The third-order valence-corrected chi connectivity index (χ3v) is 3.34. The van der Waals surface area contributed by atoms with E-state index < -0.39 is 11.6 Å². The zero-order valence-corrected chi connectivity index (χ0v) is 9.08. The lowest BCUT2D eigenvalue weighted by atomic mass is 10.1. The maximum absolute atomic E-state index is 13.5. The highest BCUT2D eigenvalue weighted by molar-refractivity contribution is 5.97. The highest BCUT2D eigenvalue weighted by Gasteiger charge is 2.35. The molecule has 1 saturated heterocycles. The van der Waals surface area contributed by atoms with Crippen molar-refractivity contribution in [2.24, 2.45) is 0 Å². The van der Waals surface area contributed by atoms with Gasteiger partial charge in [0.15, 0.2) is 11.6 Å². The van der Waals surface area contributed by atoms with Crippen LogP contribution in [-0.4, -0.2) is 30.0 Å². The predicted molar refractivity (Wildman–Crippen MR) is 55.9 cm³/mol. The van der Waals surface area contributed by atoms with Crippen molar-refractivity contribution in [2.45, 2.75) is 18.9 Å². The van der Waals surface area contributed by atoms with Crippen molar-refractivity contribution in [3.05, 3.63) is 29.3 Å². The van der Waals surface area contributed by atoms with Gasteiger partial charge in [0.1, 0.15) is 6.61 Å². The van der Waals surface area contributed by atoms with Crippen LogP contribution in [0.5, 0.6) is 5.75 Å². The molecule has 3 rings (SSSR count). The Bertz CT molecular complexity index is 490. The third-order valence-electron chi connectivity index (χ3n) is 3.34. The molecule has 2 heterocycles. The van der Waals surface area contributed by atoms with Crippen LogP contribution in [0.3, 0.4) is 0 Å². The Hall–Kier alpha value is -1.65. The number of amides is 1. The van der Waals surface area contributed by atoms with Gasteiger partial charge in [-0.25, -0.2) is 4.39 Å². The Labute approximate surface area is 97.0 Å². The smallest absolute Gasteiger partial charge is 0.258 e. The molecule has 3 nitrogen and oxygen atoms in total. The molecule has 0 radical (unpaired) electrons. The van der Waals surface area contributed by atoms with Crippen molar-refractivity contribution < 1.29 is 18.3 Å². The molecule has 0 spiro atoms. The van der Waals surface area contributed by atoms with E-state index in [0.29, 0.717) is 6.54 Å². The van der Waals surface area contributed by atoms with Gasteiger partial charge in [-0.3, -0.25) is 4.79 Å². The van der Waals surface area contributed by atoms with Gasteiger partial charge >= 0.3 is 0 Å². The first-order chi connectivity index (χ1) is 8.18. The topological polar surface area (TPSA) is 29.5 Å². The number of benzene rings is 1. The van der Waals surface area contributed by atoms with Gasteiger partial charge in [0, 0.05) is 6.54 Å². The van der Waals surface area contributed by atoms with Crippen molar-refractivity contribution in [1.29, 1.82) is 0 Å². The molecule has 5 heteroatoms. The molecule has 0 N–H and O–H groups in total. The molecule has 2 aliphatic rings. The SMILES string of the molecule is O=C1c2ccc(F)c(F)c2OC[C@@H]2CCCN12. The van der Waals surface area contributed by atoms with E-state index in [4.69, 9.17) is 4.74 Å². The Morgan fingerprint density at radius 2 is 2.18 bits per heavy atom. The molecule has 17 heavy (non-hydrogen) atoms. The highest BCUT2D eigenvalue weighted by Crippen LogP contribution is 2.32. The molecule has 1 aromatic carbocycles. The van der Waals surface area contributed by atoms with Crippen LogP contribution in [0.15, 0.2) is 12.1 Å². The second kappa shape index (κ2) is 3.68. The Morgan fingerprint density at radius 3 is 3.00 bits per heavy atom. The van der Waals surface area contributed by atoms with Gasteiger partial charge in [-0.15, -0.1) is 0 Å². The minimum absolute atomic E-state index is 0.0163. The summed E-state index contributed by atoms with van der Waals surface area (Å²) >= 11 is 0. The van der Waals surface area contributed by atoms with E-state index >= 15 is 0 Å². The number of carbonyl (C=O) groups is 1. The third kappa shape index (κ3) is 1.49. The van der Waals surface area contributed by atoms with E-state index in [1.54, 1.807) is 4.90 Å². The van der Waals surface area contributed by atoms with E-state index in [2.05, 4.69) is 0 Å². The summed E-state index contributed by atoms with van der Waals surface area (Å²) in [6, 6.07) is 2.24. The monoisotopic (exact) mass is 239 g/mol. The quantitative estimate of drug-likeness (QED) is 0.692. The fourth-order valence-corrected chi connectivity index (χ4v) is 2.45. The van der Waals surface area contributed by atoms with E-state index in [0.717, 1.165) is 18.9 Å². The van der Waals surface area contributed by atoms with E-state index in [1.807, 2.05) is 0 Å². The molecular formula is C12H11F2NO2. The molecule has 1 fully saturated rings. The largest absolute Gasteiger partial charge is 0.487 e. The van der Waals surface area contributed by atoms with Gasteiger partial charge < -0.3 is 9.64 Å². The molecule has 0 saturated carbocycles. The summed E-state index contributed by atoms with van der Waals surface area (Å²) in [6.45, 7) is 0.893. The predicted octanol–water partition coefficient (Wildman–Crippen LogP) is 1.96. The first kappa shape index (κ1) is 10.5. The van der Waals surface area contributed by atoms with Crippen molar-refractivity contribution in [1.82, 2.24) is 4.90 Å². The van der Waals surface area contributed by atoms with Gasteiger partial charge in [0.05, 0.1) is 11.6 Å². The van der Waals surface area contributed by atoms with Crippen molar-refractivity contribution in [3.63, 3.8) is 0 Å². The lowest BCUT2D eigenvalue weighted by molar-refractivity contribution is 0.0726. The van der Waals surface area contributed by atoms with Crippen LogP contribution in [0.25, 0.3) is 0 Å². The van der Waals surface area contributed by atoms with Crippen LogP contribution in [0.1, 0.15) is 23.2 Å². The minimum atomic E-state index is -1.07. The van der Waals surface area contributed by atoms with E-state index in [1.165, 1.54) is 6.07 Å². The van der Waals surface area contributed by atoms with E-state index in [9.17, 15) is 13.6 Å². The second-order valence-corrected chi connectivity index (χ2v) is 4.34. The van der Waals surface area contributed by atoms with Gasteiger partial charge in [-0.1, -0.05) is 0 Å². The minimum Gasteiger partial charge on any atom is -0.487 e. The lowest BCUT2D eigenvalue weighted by Gasteiger charge is -2.20. The molecule has 0 aromatic heterocycles. The second-order valence-electron chi connectivity index (χ2n) is 4.34. The van der Waals surface area contributed by atoms with Crippen LogP contribution in [-0.2, 0) is 0 Å². The number of rotatable bonds is 0. The number of ether oxygens (including phenoxy) is 1. The molecule has 1 aromatic rings. The molecule has 2 aliphatic heterocycles. The van der Waals surface area contributed by atoms with Crippen LogP contribution < -0.4 is 4.74 Å². The van der Waals surface area contributed by atoms with E-state index in [-0.39, 0.29) is 29.9 Å². The summed E-state index contributed by atoms with van der Waals surface area (Å²) in [5.41, 5.74) is 0.119. The summed E-state index contributed by atoms with van der Waals surface area (Å²) in [7, 11) is 0. The zero-order valence-electron chi connectivity index (χ0n) is 9.08. The molecular weight excluding hydrogens is 228 g/mol. The number of hydrogen-bond acceptors (Lipinski definition) is 2. The summed E-state index contributed by atoms with van der Waals surface area (Å²) in [5.74, 6) is -2.57. The summed E-state index contributed by atoms with van der Waals surface area (Å²) in [5, 5.41) is 0. The molecule has 90 valence electrons.